The van der Waals surface area contributed by atoms with Gasteiger partial charge in [0, 0.05) is 0 Å². The quantitative estimate of drug-likeness (QED) is 0.816. The number of esters is 1. The van der Waals surface area contributed by atoms with Crippen molar-refractivity contribution in [2.24, 2.45) is 5.73 Å². The second-order valence-electron chi connectivity index (χ2n) is 4.48. The molecule has 1 aromatic rings. The Bertz CT molecular complexity index is 413. The van der Waals surface area contributed by atoms with Gasteiger partial charge in [-0.1, -0.05) is 13.0 Å². The highest BCUT2D eigenvalue weighted by molar-refractivity contribution is 5.91. The summed E-state index contributed by atoms with van der Waals surface area (Å²) in [6, 6.07) is 4.05. The summed E-state index contributed by atoms with van der Waals surface area (Å²) < 4.78 is 4.80. The van der Waals surface area contributed by atoms with Crippen LogP contribution in [-0.2, 0) is 4.74 Å². The Kier molecular flexibility index (Phi) is 4.70. The maximum Gasteiger partial charge on any atom is 0.338 e. The van der Waals surface area contributed by atoms with E-state index >= 15 is 0 Å². The second kappa shape index (κ2) is 5.82. The van der Waals surface area contributed by atoms with E-state index in [2.05, 4.69) is 13.0 Å². The van der Waals surface area contributed by atoms with Gasteiger partial charge in [-0.05, 0) is 55.5 Å². The summed E-state index contributed by atoms with van der Waals surface area (Å²) in [5, 5.41) is 0. The van der Waals surface area contributed by atoms with Crippen LogP contribution in [0, 0.1) is 13.8 Å². The topological polar surface area (TPSA) is 52.3 Å². The number of methoxy groups -OCH3 is 1. The number of hydrogen-bond donors (Lipinski definition) is 1. The van der Waals surface area contributed by atoms with Crippen molar-refractivity contribution in [3.05, 3.63) is 34.4 Å². The zero-order valence-electron chi connectivity index (χ0n) is 11.0. The lowest BCUT2D eigenvalue weighted by molar-refractivity contribution is 0.0599. The van der Waals surface area contributed by atoms with E-state index in [0.29, 0.717) is 18.0 Å². The molecule has 3 nitrogen and oxygen atoms in total. The van der Waals surface area contributed by atoms with Gasteiger partial charge in [0.15, 0.2) is 0 Å². The lowest BCUT2D eigenvalue weighted by Crippen LogP contribution is -2.09. The van der Waals surface area contributed by atoms with Crippen molar-refractivity contribution in [3.63, 3.8) is 0 Å². The Morgan fingerprint density at radius 2 is 2.06 bits per heavy atom. The van der Waals surface area contributed by atoms with Gasteiger partial charge in [0.2, 0.25) is 0 Å². The van der Waals surface area contributed by atoms with Crippen molar-refractivity contribution < 1.29 is 9.53 Å². The Balaban J connectivity index is 3.18. The Labute approximate surface area is 103 Å². The summed E-state index contributed by atoms with van der Waals surface area (Å²) in [7, 11) is 1.41. The first-order valence-corrected chi connectivity index (χ1v) is 5.90. The van der Waals surface area contributed by atoms with E-state index in [1.165, 1.54) is 7.11 Å². The van der Waals surface area contributed by atoms with Gasteiger partial charge >= 0.3 is 5.97 Å². The van der Waals surface area contributed by atoms with Crippen LogP contribution in [0.3, 0.4) is 0 Å². The van der Waals surface area contributed by atoms with Gasteiger partial charge in [0.05, 0.1) is 12.7 Å². The fourth-order valence-corrected chi connectivity index (χ4v) is 1.91. The predicted molar refractivity (Wildman–Crippen MR) is 69.3 cm³/mol. The molecule has 17 heavy (non-hydrogen) atoms. The highest BCUT2D eigenvalue weighted by Gasteiger charge is 2.14. The van der Waals surface area contributed by atoms with Crippen LogP contribution in [0.5, 0.6) is 0 Å². The van der Waals surface area contributed by atoms with Crippen LogP contribution < -0.4 is 5.73 Å². The van der Waals surface area contributed by atoms with Crippen LogP contribution in [0.2, 0.25) is 0 Å². The van der Waals surface area contributed by atoms with Crippen LogP contribution in [-0.4, -0.2) is 19.6 Å². The van der Waals surface area contributed by atoms with E-state index in [-0.39, 0.29) is 5.97 Å². The Hall–Kier alpha value is -1.35. The predicted octanol–water partition coefficient (Wildman–Crippen LogP) is 2.54. The first-order chi connectivity index (χ1) is 8.01. The maximum absolute atomic E-state index is 11.7. The molecule has 0 spiro atoms. The van der Waals surface area contributed by atoms with Crippen LogP contribution in [0.1, 0.15) is 46.3 Å². The van der Waals surface area contributed by atoms with Crippen molar-refractivity contribution in [1.29, 1.82) is 0 Å². The minimum atomic E-state index is -0.271. The van der Waals surface area contributed by atoms with Crippen molar-refractivity contribution >= 4 is 5.97 Å². The lowest BCUT2D eigenvalue weighted by atomic mass is 9.91. The zero-order valence-corrected chi connectivity index (χ0v) is 11.0. The van der Waals surface area contributed by atoms with Crippen molar-refractivity contribution in [3.8, 4) is 0 Å². The molecule has 0 saturated heterocycles. The van der Waals surface area contributed by atoms with Gasteiger partial charge in [0.25, 0.3) is 0 Å². The van der Waals surface area contributed by atoms with Gasteiger partial charge in [-0.25, -0.2) is 4.79 Å². The van der Waals surface area contributed by atoms with Crippen LogP contribution in [0.15, 0.2) is 12.1 Å². The van der Waals surface area contributed by atoms with E-state index in [1.807, 2.05) is 19.9 Å². The summed E-state index contributed by atoms with van der Waals surface area (Å²) in [6.07, 6.45) is 0.920. The maximum atomic E-state index is 11.7. The molecule has 0 aliphatic carbocycles. The molecule has 0 aliphatic rings. The third-order valence-corrected chi connectivity index (χ3v) is 3.26. The molecule has 1 atom stereocenters. The number of rotatable bonds is 4. The van der Waals surface area contributed by atoms with Crippen LogP contribution >= 0.6 is 0 Å². The average molecular weight is 235 g/mol. The summed E-state index contributed by atoms with van der Waals surface area (Å²) >= 11 is 0. The molecule has 0 heterocycles. The van der Waals surface area contributed by atoms with E-state index in [0.717, 1.165) is 23.1 Å². The highest BCUT2D eigenvalue weighted by atomic mass is 16.5. The number of hydrogen-bond acceptors (Lipinski definition) is 3. The lowest BCUT2D eigenvalue weighted by Gasteiger charge is -2.15. The molecule has 0 aromatic heterocycles. The zero-order chi connectivity index (χ0) is 13.0. The van der Waals surface area contributed by atoms with Crippen molar-refractivity contribution in [2.45, 2.75) is 33.1 Å². The smallest absolute Gasteiger partial charge is 0.338 e. The first-order valence-electron chi connectivity index (χ1n) is 5.90. The summed E-state index contributed by atoms with van der Waals surface area (Å²) in [5.41, 5.74) is 9.48. The number of ether oxygens (including phenoxy) is 1. The standard InChI is InChI=1S/C14H21NO2/c1-9(5-6-15)12-7-10(2)11(3)13(8-12)14(16)17-4/h7-9H,5-6,15H2,1-4H3. The average Bonchev–Trinajstić information content (AvgIpc) is 2.31. The van der Waals surface area contributed by atoms with E-state index < -0.39 is 0 Å². The Morgan fingerprint density at radius 1 is 1.41 bits per heavy atom. The van der Waals surface area contributed by atoms with Gasteiger partial charge in [-0.15, -0.1) is 0 Å². The van der Waals surface area contributed by atoms with Crippen LogP contribution in [0.25, 0.3) is 0 Å². The van der Waals surface area contributed by atoms with Crippen molar-refractivity contribution in [1.82, 2.24) is 0 Å². The van der Waals surface area contributed by atoms with Gasteiger partial charge < -0.3 is 10.5 Å². The fraction of sp³-hybridized carbons (Fsp3) is 0.500. The first kappa shape index (κ1) is 13.7. The largest absolute Gasteiger partial charge is 0.465 e. The second-order valence-corrected chi connectivity index (χ2v) is 4.48. The van der Waals surface area contributed by atoms with E-state index in [9.17, 15) is 4.79 Å². The summed E-state index contributed by atoms with van der Waals surface area (Å²) in [4.78, 5) is 11.7. The molecule has 1 rings (SSSR count). The van der Waals surface area contributed by atoms with Gasteiger partial charge in [0.1, 0.15) is 0 Å². The van der Waals surface area contributed by atoms with Gasteiger partial charge in [-0.2, -0.15) is 0 Å². The molecule has 94 valence electrons. The van der Waals surface area contributed by atoms with Crippen molar-refractivity contribution in [2.75, 3.05) is 13.7 Å². The molecule has 0 saturated carbocycles. The number of nitrogens with two attached hydrogens (primary N) is 1. The summed E-state index contributed by atoms with van der Waals surface area (Å²) in [6.45, 7) is 6.74. The Morgan fingerprint density at radius 3 is 2.59 bits per heavy atom. The SMILES string of the molecule is COC(=O)c1cc(C(C)CCN)cc(C)c1C. The molecule has 0 fully saturated rings. The van der Waals surface area contributed by atoms with Crippen LogP contribution in [0.4, 0.5) is 0 Å². The third kappa shape index (κ3) is 3.07. The number of carbonyl (C=O) groups is 1. The molecule has 2 N–H and O–H groups in total. The number of aryl methyl sites for hydroxylation is 1. The summed E-state index contributed by atoms with van der Waals surface area (Å²) in [5.74, 6) is 0.0927. The molecule has 1 aromatic carbocycles. The molecule has 0 radical (unpaired) electrons. The molecular formula is C14H21NO2. The number of benzene rings is 1. The molecular weight excluding hydrogens is 214 g/mol. The normalized spacial score (nSPS) is 12.3. The molecule has 0 aliphatic heterocycles. The third-order valence-electron chi connectivity index (χ3n) is 3.26. The number of carbonyl (C=O) groups excluding carboxylic acids is 1. The minimum absolute atomic E-state index is 0.271. The monoisotopic (exact) mass is 235 g/mol. The molecule has 0 amide bonds. The highest BCUT2D eigenvalue weighted by Crippen LogP contribution is 2.24. The molecule has 0 bridgehead atoms. The minimum Gasteiger partial charge on any atom is -0.465 e. The molecule has 1 unspecified atom stereocenters. The van der Waals surface area contributed by atoms with E-state index in [4.69, 9.17) is 10.5 Å². The van der Waals surface area contributed by atoms with E-state index in [1.54, 1.807) is 0 Å². The fourth-order valence-electron chi connectivity index (χ4n) is 1.91. The van der Waals surface area contributed by atoms with Gasteiger partial charge in [-0.3, -0.25) is 0 Å². The molecule has 3 heteroatoms.